The van der Waals surface area contributed by atoms with E-state index in [1.165, 1.54) is 24.8 Å². The van der Waals surface area contributed by atoms with E-state index in [0.29, 0.717) is 5.92 Å². The van der Waals surface area contributed by atoms with Crippen molar-refractivity contribution in [3.63, 3.8) is 0 Å². The second kappa shape index (κ2) is 6.17. The van der Waals surface area contributed by atoms with E-state index in [0.717, 1.165) is 49.5 Å². The smallest absolute Gasteiger partial charge is 0.128 e. The van der Waals surface area contributed by atoms with Gasteiger partial charge >= 0.3 is 0 Å². The summed E-state index contributed by atoms with van der Waals surface area (Å²) in [6.07, 6.45) is 7.97. The average molecular weight is 274 g/mol. The van der Waals surface area contributed by atoms with Gasteiger partial charge in [0.15, 0.2) is 0 Å². The van der Waals surface area contributed by atoms with Gasteiger partial charge in [-0.15, -0.1) is 0 Å². The molecule has 1 fully saturated rings. The van der Waals surface area contributed by atoms with Crippen LogP contribution in [0.2, 0.25) is 0 Å². The van der Waals surface area contributed by atoms with Crippen LogP contribution in [0, 0.1) is 11.8 Å². The lowest BCUT2D eigenvalue weighted by atomic mass is 9.76. The summed E-state index contributed by atoms with van der Waals surface area (Å²) in [5, 5.41) is 10.8. The maximum absolute atomic E-state index is 10.8. The molecule has 110 valence electrons. The number of fused-ring (bicyclic) bond motifs is 1. The van der Waals surface area contributed by atoms with Crippen LogP contribution < -0.4 is 4.74 Å². The molecule has 1 heterocycles. The van der Waals surface area contributed by atoms with Gasteiger partial charge in [-0.1, -0.05) is 44.4 Å². The molecule has 0 spiro atoms. The molecule has 0 amide bonds. The predicted molar refractivity (Wildman–Crippen MR) is 81.0 cm³/mol. The molecule has 2 heteroatoms. The normalized spacial score (nSPS) is 27.5. The Morgan fingerprint density at radius 1 is 1.25 bits per heavy atom. The van der Waals surface area contributed by atoms with Gasteiger partial charge < -0.3 is 9.84 Å². The van der Waals surface area contributed by atoms with E-state index < -0.39 is 0 Å². The predicted octanol–water partition coefficient (Wildman–Crippen LogP) is 4.26. The Balaban J connectivity index is 1.76. The Kier molecular flexibility index (Phi) is 4.30. The molecule has 0 bridgehead atoms. The molecule has 20 heavy (non-hydrogen) atoms. The topological polar surface area (TPSA) is 29.5 Å². The molecule has 1 aliphatic heterocycles. The number of benzene rings is 1. The average Bonchev–Trinajstić information content (AvgIpc) is 2.54. The van der Waals surface area contributed by atoms with E-state index in [-0.39, 0.29) is 6.10 Å². The molecule has 2 aliphatic rings. The van der Waals surface area contributed by atoms with Gasteiger partial charge in [-0.25, -0.2) is 0 Å². The molecule has 1 aromatic rings. The molecule has 1 saturated carbocycles. The summed E-state index contributed by atoms with van der Waals surface area (Å²) in [4.78, 5) is 0. The van der Waals surface area contributed by atoms with Gasteiger partial charge in [-0.3, -0.25) is 0 Å². The van der Waals surface area contributed by atoms with Gasteiger partial charge in [0.1, 0.15) is 5.75 Å². The van der Waals surface area contributed by atoms with Gasteiger partial charge in [0, 0.05) is 5.56 Å². The minimum Gasteiger partial charge on any atom is -0.493 e. The fraction of sp³-hybridized carbons (Fsp3) is 0.667. The first-order chi connectivity index (χ1) is 9.79. The third-order valence-electron chi connectivity index (χ3n) is 5.20. The van der Waals surface area contributed by atoms with Crippen molar-refractivity contribution in [2.45, 2.75) is 58.0 Å². The third-order valence-corrected chi connectivity index (χ3v) is 5.20. The van der Waals surface area contributed by atoms with Crippen molar-refractivity contribution < 1.29 is 9.84 Å². The maximum Gasteiger partial charge on any atom is 0.128 e. The highest BCUT2D eigenvalue weighted by Crippen LogP contribution is 2.42. The highest BCUT2D eigenvalue weighted by Gasteiger charge is 2.29. The van der Waals surface area contributed by atoms with E-state index in [4.69, 9.17) is 4.74 Å². The Morgan fingerprint density at radius 2 is 2.05 bits per heavy atom. The van der Waals surface area contributed by atoms with Crippen LogP contribution >= 0.6 is 0 Å². The number of aliphatic hydroxyl groups is 1. The number of aryl methyl sites for hydroxylation is 1. The van der Waals surface area contributed by atoms with Crippen molar-refractivity contribution in [1.82, 2.24) is 0 Å². The summed E-state index contributed by atoms with van der Waals surface area (Å²) < 4.78 is 5.85. The number of aliphatic hydroxyl groups excluding tert-OH is 1. The summed E-state index contributed by atoms with van der Waals surface area (Å²) in [6.45, 7) is 3.07. The van der Waals surface area contributed by atoms with Gasteiger partial charge in [0.05, 0.1) is 12.7 Å². The second-order valence-corrected chi connectivity index (χ2v) is 6.42. The summed E-state index contributed by atoms with van der Waals surface area (Å²) in [6, 6.07) is 6.27. The van der Waals surface area contributed by atoms with Crippen molar-refractivity contribution in [2.75, 3.05) is 6.61 Å². The Bertz CT molecular complexity index is 447. The first kappa shape index (κ1) is 13.9. The Morgan fingerprint density at radius 3 is 2.80 bits per heavy atom. The van der Waals surface area contributed by atoms with Crippen LogP contribution in [0.25, 0.3) is 0 Å². The standard InChI is InChI=1S/C18H26O2/c1-2-13-8-10-14(11-9-13)17(19)16-7-3-5-15-6-4-12-20-18(15)16/h3,5,7,13-14,17,19H,2,4,6,8-12H2,1H3. The van der Waals surface area contributed by atoms with Crippen molar-refractivity contribution in [1.29, 1.82) is 0 Å². The van der Waals surface area contributed by atoms with E-state index in [2.05, 4.69) is 25.1 Å². The van der Waals surface area contributed by atoms with Gasteiger partial charge in [-0.2, -0.15) is 0 Å². The van der Waals surface area contributed by atoms with E-state index >= 15 is 0 Å². The van der Waals surface area contributed by atoms with E-state index in [1.807, 2.05) is 0 Å². The molecular weight excluding hydrogens is 248 g/mol. The fourth-order valence-corrected chi connectivity index (χ4v) is 3.81. The molecule has 1 unspecified atom stereocenters. The zero-order valence-electron chi connectivity index (χ0n) is 12.5. The third kappa shape index (κ3) is 2.71. The van der Waals surface area contributed by atoms with E-state index in [1.54, 1.807) is 0 Å². The number of hydrogen-bond acceptors (Lipinski definition) is 2. The summed E-state index contributed by atoms with van der Waals surface area (Å²) >= 11 is 0. The number of rotatable bonds is 3. The Labute approximate surface area is 122 Å². The highest BCUT2D eigenvalue weighted by molar-refractivity contribution is 5.44. The van der Waals surface area contributed by atoms with E-state index in [9.17, 15) is 5.11 Å². The molecule has 0 saturated heterocycles. The van der Waals surface area contributed by atoms with Crippen LogP contribution in [-0.2, 0) is 6.42 Å². The highest BCUT2D eigenvalue weighted by atomic mass is 16.5. The molecule has 1 aromatic carbocycles. The Hall–Kier alpha value is -1.02. The summed E-state index contributed by atoms with van der Waals surface area (Å²) in [7, 11) is 0. The lowest BCUT2D eigenvalue weighted by Gasteiger charge is -2.32. The minimum absolute atomic E-state index is 0.346. The zero-order chi connectivity index (χ0) is 13.9. The summed E-state index contributed by atoms with van der Waals surface area (Å²) in [5.41, 5.74) is 2.30. The van der Waals surface area contributed by atoms with Gasteiger partial charge in [0.2, 0.25) is 0 Å². The van der Waals surface area contributed by atoms with Crippen LogP contribution in [0.3, 0.4) is 0 Å². The lowest BCUT2D eigenvalue weighted by molar-refractivity contribution is 0.0696. The van der Waals surface area contributed by atoms with Crippen molar-refractivity contribution in [3.8, 4) is 5.75 Å². The van der Waals surface area contributed by atoms with Crippen LogP contribution in [0.5, 0.6) is 5.75 Å². The molecule has 1 N–H and O–H groups in total. The zero-order valence-corrected chi connectivity index (χ0v) is 12.5. The molecule has 0 aromatic heterocycles. The van der Waals surface area contributed by atoms with Crippen LogP contribution in [0.4, 0.5) is 0 Å². The molecule has 3 rings (SSSR count). The van der Waals surface area contributed by atoms with Crippen LogP contribution in [0.1, 0.15) is 62.7 Å². The molecule has 0 radical (unpaired) electrons. The van der Waals surface area contributed by atoms with Crippen LogP contribution in [0.15, 0.2) is 18.2 Å². The lowest BCUT2D eigenvalue weighted by Crippen LogP contribution is -2.21. The van der Waals surface area contributed by atoms with Crippen LogP contribution in [-0.4, -0.2) is 11.7 Å². The molecule has 1 atom stereocenters. The SMILES string of the molecule is CCC1CCC(C(O)c2cccc3c2OCCC3)CC1. The molecule has 2 nitrogen and oxygen atoms in total. The van der Waals surface area contributed by atoms with Gasteiger partial charge in [0.25, 0.3) is 0 Å². The number of hydrogen-bond donors (Lipinski definition) is 1. The number of para-hydroxylation sites is 1. The largest absolute Gasteiger partial charge is 0.493 e. The van der Waals surface area contributed by atoms with Crippen molar-refractivity contribution in [3.05, 3.63) is 29.3 Å². The fourth-order valence-electron chi connectivity index (χ4n) is 3.81. The first-order valence-corrected chi connectivity index (χ1v) is 8.22. The molecule has 1 aliphatic carbocycles. The monoisotopic (exact) mass is 274 g/mol. The minimum atomic E-state index is -0.346. The first-order valence-electron chi connectivity index (χ1n) is 8.22. The van der Waals surface area contributed by atoms with Crippen molar-refractivity contribution >= 4 is 0 Å². The quantitative estimate of drug-likeness (QED) is 0.892. The van der Waals surface area contributed by atoms with Gasteiger partial charge in [-0.05, 0) is 43.1 Å². The second-order valence-electron chi connectivity index (χ2n) is 6.42. The summed E-state index contributed by atoms with van der Waals surface area (Å²) in [5.74, 6) is 2.26. The maximum atomic E-state index is 10.8. The molecular formula is C18H26O2. The van der Waals surface area contributed by atoms with Crippen molar-refractivity contribution in [2.24, 2.45) is 11.8 Å². The number of ether oxygens (including phenoxy) is 1.